The van der Waals surface area contributed by atoms with E-state index in [1.165, 1.54) is 30.9 Å². The van der Waals surface area contributed by atoms with E-state index in [1.807, 2.05) is 0 Å². The van der Waals surface area contributed by atoms with E-state index in [2.05, 4.69) is 25.3 Å². The average Bonchev–Trinajstić information content (AvgIpc) is 3.34. The number of carbonyl (C=O) groups excluding carboxylic acids is 2. The highest BCUT2D eigenvalue weighted by atomic mass is 35.5. The van der Waals surface area contributed by atoms with Gasteiger partial charge in [-0.3, -0.25) is 9.59 Å². The Morgan fingerprint density at radius 3 is 2.59 bits per heavy atom. The first-order chi connectivity index (χ1) is 17.5. The Bertz CT molecular complexity index is 1480. The molecule has 0 saturated carbocycles. The fraction of sp³-hybridized carbons (Fsp3) is 0.167. The zero-order valence-corrected chi connectivity index (χ0v) is 20.5. The largest absolute Gasteiger partial charge is 0.417 e. The minimum Gasteiger partial charge on any atom is -0.321 e. The van der Waals surface area contributed by atoms with Gasteiger partial charge in [0.1, 0.15) is 16.9 Å². The molecular formula is C24H16ClF4N5O2S. The monoisotopic (exact) mass is 549 g/mol. The number of benzene rings is 1. The van der Waals surface area contributed by atoms with Crippen LogP contribution in [0, 0.1) is 5.95 Å². The van der Waals surface area contributed by atoms with Crippen molar-refractivity contribution in [3.8, 4) is 11.3 Å². The van der Waals surface area contributed by atoms with Gasteiger partial charge in [0.05, 0.1) is 33.0 Å². The number of nitrogens with zero attached hydrogens (tertiary/aromatic N) is 4. The Morgan fingerprint density at radius 1 is 1.11 bits per heavy atom. The van der Waals surface area contributed by atoms with Crippen molar-refractivity contribution in [2.75, 3.05) is 5.32 Å². The maximum Gasteiger partial charge on any atom is 0.417 e. The smallest absolute Gasteiger partial charge is 0.321 e. The third-order valence-corrected chi connectivity index (χ3v) is 6.72. The van der Waals surface area contributed by atoms with Crippen LogP contribution in [0.1, 0.15) is 50.0 Å². The normalized spacial score (nSPS) is 12.3. The number of anilines is 1. The number of Topliss-reactive ketones (excluding diaryl/α,β-unsaturated/α-hetero) is 1. The van der Waals surface area contributed by atoms with Gasteiger partial charge in [-0.25, -0.2) is 19.9 Å². The minimum absolute atomic E-state index is 0.00899. The Balaban J connectivity index is 1.42. The molecule has 0 fully saturated rings. The van der Waals surface area contributed by atoms with Crippen LogP contribution in [0.5, 0.6) is 0 Å². The summed E-state index contributed by atoms with van der Waals surface area (Å²) >= 11 is 6.74. The summed E-state index contributed by atoms with van der Waals surface area (Å²) in [7, 11) is 0. The maximum atomic E-state index is 14.0. The zero-order valence-electron chi connectivity index (χ0n) is 18.9. The Morgan fingerprint density at radius 2 is 1.89 bits per heavy atom. The second kappa shape index (κ2) is 10.7. The molecule has 7 nitrogen and oxygen atoms in total. The van der Waals surface area contributed by atoms with Crippen molar-refractivity contribution in [2.45, 2.75) is 25.4 Å². The number of pyridine rings is 1. The summed E-state index contributed by atoms with van der Waals surface area (Å²) in [4.78, 5) is 41.3. The van der Waals surface area contributed by atoms with Crippen LogP contribution in [-0.4, -0.2) is 31.6 Å². The summed E-state index contributed by atoms with van der Waals surface area (Å²) in [5.74, 6) is -2.02. The average molecular weight is 550 g/mol. The topological polar surface area (TPSA) is 97.7 Å². The van der Waals surface area contributed by atoms with Crippen molar-refractivity contribution in [1.82, 2.24) is 19.9 Å². The molecule has 3 aromatic heterocycles. The van der Waals surface area contributed by atoms with Crippen molar-refractivity contribution < 1.29 is 27.2 Å². The van der Waals surface area contributed by atoms with Crippen molar-refractivity contribution >= 4 is 40.3 Å². The molecule has 4 aromatic rings. The molecular weight excluding hydrogens is 534 g/mol. The molecule has 1 atom stereocenters. The van der Waals surface area contributed by atoms with Crippen LogP contribution >= 0.6 is 22.9 Å². The van der Waals surface area contributed by atoms with E-state index in [0.29, 0.717) is 5.01 Å². The second-order valence-corrected chi connectivity index (χ2v) is 9.34. The lowest BCUT2D eigenvalue weighted by molar-refractivity contribution is -0.137. The van der Waals surface area contributed by atoms with E-state index >= 15 is 0 Å². The predicted octanol–water partition coefficient (Wildman–Crippen LogP) is 6.44. The van der Waals surface area contributed by atoms with Crippen molar-refractivity contribution in [3.63, 3.8) is 0 Å². The first kappa shape index (κ1) is 26.3. The minimum atomic E-state index is -4.61. The van der Waals surface area contributed by atoms with E-state index < -0.39 is 28.6 Å². The van der Waals surface area contributed by atoms with Crippen LogP contribution in [0.4, 0.5) is 23.2 Å². The van der Waals surface area contributed by atoms with Gasteiger partial charge in [-0.1, -0.05) is 18.5 Å². The molecule has 0 spiro atoms. The summed E-state index contributed by atoms with van der Waals surface area (Å²) in [6.07, 6.45) is -0.818. The molecule has 1 N–H and O–H groups in total. The molecule has 1 aromatic carbocycles. The van der Waals surface area contributed by atoms with Gasteiger partial charge >= 0.3 is 6.18 Å². The van der Waals surface area contributed by atoms with Gasteiger partial charge in [-0.05, 0) is 36.4 Å². The number of hydrogen-bond acceptors (Lipinski definition) is 7. The lowest BCUT2D eigenvalue weighted by Gasteiger charge is -2.10. The van der Waals surface area contributed by atoms with Crippen LogP contribution in [0.3, 0.4) is 0 Å². The molecule has 0 aliphatic rings. The van der Waals surface area contributed by atoms with Gasteiger partial charge in [-0.15, -0.1) is 11.3 Å². The molecule has 3 heterocycles. The van der Waals surface area contributed by atoms with Crippen molar-refractivity contribution in [3.05, 3.63) is 87.2 Å². The van der Waals surface area contributed by atoms with Crippen LogP contribution in [0.15, 0.2) is 55.1 Å². The third-order valence-electron chi connectivity index (χ3n) is 5.18. The summed E-state index contributed by atoms with van der Waals surface area (Å²) in [6, 6.07) is 7.31. The number of nitrogens with one attached hydrogen (secondary N) is 1. The van der Waals surface area contributed by atoms with E-state index in [9.17, 15) is 27.2 Å². The zero-order chi connectivity index (χ0) is 26.7. The molecule has 4 rings (SSSR count). The number of amides is 1. The molecule has 0 aliphatic carbocycles. The van der Waals surface area contributed by atoms with E-state index in [-0.39, 0.29) is 45.6 Å². The highest BCUT2D eigenvalue weighted by Crippen LogP contribution is 2.36. The first-order valence-electron chi connectivity index (χ1n) is 10.6. The third kappa shape index (κ3) is 6.15. The number of hydrogen-bond donors (Lipinski definition) is 1. The first-order valence-corrected chi connectivity index (χ1v) is 11.8. The summed E-state index contributed by atoms with van der Waals surface area (Å²) < 4.78 is 52.6. The van der Waals surface area contributed by atoms with Gasteiger partial charge in [-0.2, -0.15) is 17.6 Å². The highest BCUT2D eigenvalue weighted by Gasteiger charge is 2.33. The van der Waals surface area contributed by atoms with E-state index in [1.54, 1.807) is 13.0 Å². The van der Waals surface area contributed by atoms with E-state index in [0.717, 1.165) is 29.5 Å². The number of halogens is 5. The number of thiazole rings is 1. The number of alkyl halides is 3. The molecule has 190 valence electrons. The molecule has 0 saturated heterocycles. The van der Waals surface area contributed by atoms with Crippen LogP contribution in [0.25, 0.3) is 11.3 Å². The fourth-order valence-corrected chi connectivity index (χ4v) is 4.49. The molecule has 0 radical (unpaired) electrons. The van der Waals surface area contributed by atoms with Crippen molar-refractivity contribution in [2.24, 2.45) is 0 Å². The lowest BCUT2D eigenvalue weighted by atomic mass is 10.0. The number of ketones is 1. The molecule has 13 heteroatoms. The molecule has 0 bridgehead atoms. The van der Waals surface area contributed by atoms with E-state index in [4.69, 9.17) is 11.6 Å². The molecule has 0 aliphatic heterocycles. The van der Waals surface area contributed by atoms with Crippen LogP contribution < -0.4 is 5.32 Å². The molecule has 1 unspecified atom stereocenters. The quantitative estimate of drug-likeness (QED) is 0.162. The highest BCUT2D eigenvalue weighted by molar-refractivity contribution is 7.13. The van der Waals surface area contributed by atoms with Gasteiger partial charge in [0.25, 0.3) is 5.91 Å². The van der Waals surface area contributed by atoms with Gasteiger partial charge in [0, 0.05) is 24.2 Å². The number of rotatable bonds is 7. The van der Waals surface area contributed by atoms with Gasteiger partial charge in [0.15, 0.2) is 5.78 Å². The van der Waals surface area contributed by atoms with Gasteiger partial charge in [0.2, 0.25) is 5.95 Å². The van der Waals surface area contributed by atoms with Gasteiger partial charge < -0.3 is 5.32 Å². The van der Waals surface area contributed by atoms with Crippen molar-refractivity contribution in [1.29, 1.82) is 0 Å². The molecule has 37 heavy (non-hydrogen) atoms. The Labute approximate surface area is 216 Å². The summed E-state index contributed by atoms with van der Waals surface area (Å²) in [5, 5.41) is 2.44. The number of aromatic nitrogens is 4. The standard InChI is InChI=1S/C24H16ClF4N5O2S/c1-12(7-19(35)18-9-17(32-11-33-18)14-3-2-6-30-21(14)26)23-31-10-20(37-23)22(36)34-13-4-5-15(16(25)8-13)24(27,28)29/h2-6,8-12H,7H2,1H3,(H,34,36). The Kier molecular flexibility index (Phi) is 7.60. The molecule has 1 amide bonds. The lowest BCUT2D eigenvalue weighted by Crippen LogP contribution is -2.11. The van der Waals surface area contributed by atoms with Crippen LogP contribution in [-0.2, 0) is 6.18 Å². The van der Waals surface area contributed by atoms with Crippen LogP contribution in [0.2, 0.25) is 5.02 Å². The predicted molar refractivity (Wildman–Crippen MR) is 129 cm³/mol. The summed E-state index contributed by atoms with van der Waals surface area (Å²) in [5.41, 5.74) is -0.475. The summed E-state index contributed by atoms with van der Waals surface area (Å²) in [6.45, 7) is 1.75. The number of carbonyl (C=O) groups is 2. The fourth-order valence-electron chi connectivity index (χ4n) is 3.34. The second-order valence-electron chi connectivity index (χ2n) is 7.87. The maximum absolute atomic E-state index is 14.0. The SMILES string of the molecule is CC(CC(=O)c1cc(-c2cccnc2F)ncn1)c1ncc(C(=O)Nc2ccc(C(F)(F)F)c(Cl)c2)s1. The Hall–Kier alpha value is -3.77.